The Morgan fingerprint density at radius 3 is 2.72 bits per heavy atom. The highest BCUT2D eigenvalue weighted by Crippen LogP contribution is 2.39. The third-order valence-electron chi connectivity index (χ3n) is 6.26. The zero-order chi connectivity index (χ0) is 27.5. The maximum atomic E-state index is 13.7. The van der Waals surface area contributed by atoms with E-state index in [0.717, 1.165) is 10.7 Å². The molecule has 5 aromatic rings. The molecular weight excluding hydrogens is 545 g/mol. The number of nitrogens with one attached hydrogen (secondary N) is 2. The van der Waals surface area contributed by atoms with Gasteiger partial charge in [-0.3, -0.25) is 4.68 Å². The van der Waals surface area contributed by atoms with Crippen molar-refractivity contribution in [1.82, 2.24) is 38.9 Å². The molecule has 6 rings (SSSR count). The van der Waals surface area contributed by atoms with Crippen molar-refractivity contribution in [2.24, 2.45) is 7.05 Å². The quantitative estimate of drug-likeness (QED) is 0.281. The van der Waals surface area contributed by atoms with E-state index in [1.54, 1.807) is 31.0 Å². The lowest BCUT2D eigenvalue weighted by molar-refractivity contribution is -0.145. The van der Waals surface area contributed by atoms with Gasteiger partial charge in [0.15, 0.2) is 34.3 Å². The number of aliphatic hydroxyl groups is 1. The molecule has 0 radical (unpaired) electrons. The first kappa shape index (κ1) is 25.1. The largest absolute Gasteiger partial charge is 0.450 e. The lowest BCUT2D eigenvalue weighted by atomic mass is 10.2. The Labute approximate surface area is 222 Å². The second-order valence-electron chi connectivity index (χ2n) is 8.69. The number of anilines is 3. The average Bonchev–Trinajstić information content (AvgIpc) is 3.67. The molecule has 0 spiro atoms. The molecule has 0 saturated carbocycles. The van der Waals surface area contributed by atoms with Crippen LogP contribution in [0.2, 0.25) is 5.02 Å². The van der Waals surface area contributed by atoms with E-state index in [1.807, 2.05) is 0 Å². The molecule has 0 amide bonds. The van der Waals surface area contributed by atoms with Crippen LogP contribution in [0.25, 0.3) is 16.7 Å². The number of rotatable bonds is 6. The molecule has 0 unspecified atom stereocenters. The second kappa shape index (κ2) is 9.25. The van der Waals surface area contributed by atoms with Gasteiger partial charge in [-0.2, -0.15) is 28.4 Å². The fraction of sp³-hybridized carbons (Fsp3) is 0.318. The summed E-state index contributed by atoms with van der Waals surface area (Å²) in [5.74, 6) is 1.12. The van der Waals surface area contributed by atoms with Gasteiger partial charge >= 0.3 is 6.18 Å². The van der Waals surface area contributed by atoms with Crippen molar-refractivity contribution >= 4 is 45.9 Å². The highest BCUT2D eigenvalue weighted by molar-refractivity contribution is 6.36. The van der Waals surface area contributed by atoms with Crippen molar-refractivity contribution in [1.29, 1.82) is 0 Å². The summed E-state index contributed by atoms with van der Waals surface area (Å²) in [5, 5.41) is 24.3. The Hall–Kier alpha value is -4.15. The Bertz CT molecular complexity index is 1700. The number of pyridine rings is 1. The first-order valence-corrected chi connectivity index (χ1v) is 11.9. The summed E-state index contributed by atoms with van der Waals surface area (Å²) in [6.45, 7) is -0.176. The zero-order valence-corrected chi connectivity index (χ0v) is 21.1. The van der Waals surface area contributed by atoms with Gasteiger partial charge in [-0.05, 0) is 0 Å². The van der Waals surface area contributed by atoms with Crippen LogP contribution in [0.5, 0.6) is 11.5 Å². The lowest BCUT2D eigenvalue weighted by Crippen LogP contribution is -2.27. The van der Waals surface area contributed by atoms with Crippen LogP contribution in [-0.4, -0.2) is 70.4 Å². The van der Waals surface area contributed by atoms with E-state index in [9.17, 15) is 18.3 Å². The molecule has 0 aliphatic carbocycles. The number of aryl methyl sites for hydroxylation is 1. The molecule has 1 saturated heterocycles. The van der Waals surface area contributed by atoms with Gasteiger partial charge in [-0.15, -0.1) is 0 Å². The van der Waals surface area contributed by atoms with Crippen LogP contribution in [0.4, 0.5) is 30.8 Å². The van der Waals surface area contributed by atoms with Crippen LogP contribution in [0.3, 0.4) is 0 Å². The highest BCUT2D eigenvalue weighted by atomic mass is 35.5. The predicted octanol–water partition coefficient (Wildman–Crippen LogP) is 3.39. The second-order valence-corrected chi connectivity index (χ2v) is 9.07. The Morgan fingerprint density at radius 2 is 2.00 bits per heavy atom. The van der Waals surface area contributed by atoms with Crippen LogP contribution < -0.4 is 15.4 Å². The van der Waals surface area contributed by atoms with Crippen molar-refractivity contribution < 1.29 is 27.8 Å². The third-order valence-corrected chi connectivity index (χ3v) is 6.63. The number of alkyl halides is 3. The Balaban J connectivity index is 1.34. The molecule has 204 valence electrons. The fourth-order valence-electron chi connectivity index (χ4n) is 4.39. The third kappa shape index (κ3) is 4.25. The van der Waals surface area contributed by atoms with Crippen molar-refractivity contribution in [2.75, 3.05) is 30.9 Å². The van der Waals surface area contributed by atoms with Gasteiger partial charge < -0.3 is 29.8 Å². The summed E-state index contributed by atoms with van der Waals surface area (Å²) in [7, 11) is 3.33. The Kier molecular flexibility index (Phi) is 5.96. The van der Waals surface area contributed by atoms with E-state index in [2.05, 4.69) is 35.8 Å². The molecule has 2 atom stereocenters. The van der Waals surface area contributed by atoms with E-state index in [1.165, 1.54) is 17.0 Å². The van der Waals surface area contributed by atoms with Gasteiger partial charge in [-0.25, -0.2) is 14.5 Å². The van der Waals surface area contributed by atoms with Gasteiger partial charge in [0.25, 0.3) is 0 Å². The van der Waals surface area contributed by atoms with Gasteiger partial charge in [0.05, 0.1) is 25.6 Å². The van der Waals surface area contributed by atoms with Crippen LogP contribution >= 0.6 is 11.6 Å². The first-order valence-electron chi connectivity index (χ1n) is 11.5. The van der Waals surface area contributed by atoms with Crippen molar-refractivity contribution in [2.45, 2.75) is 18.3 Å². The minimum absolute atomic E-state index is 0.0774. The molecule has 1 aliphatic heterocycles. The average molecular weight is 565 g/mol. The number of halogens is 4. The molecule has 13 nitrogen and oxygen atoms in total. The number of hydrogen-bond donors (Lipinski definition) is 3. The maximum absolute atomic E-state index is 13.7. The summed E-state index contributed by atoms with van der Waals surface area (Å²) in [6, 6.07) is -0.140. The summed E-state index contributed by atoms with van der Waals surface area (Å²) in [5.41, 5.74) is 0.145. The number of nitrogens with zero attached hydrogens (tertiary/aromatic N) is 8. The van der Waals surface area contributed by atoms with Gasteiger partial charge in [0.2, 0.25) is 5.95 Å². The number of fused-ring (bicyclic) bond motifs is 2. The monoisotopic (exact) mass is 564 g/mol. The molecular formula is C22H20ClF3N10O3. The number of ether oxygens (including phenoxy) is 2. The molecule has 1 aliphatic rings. The molecule has 0 bridgehead atoms. The molecule has 1 fully saturated rings. The summed E-state index contributed by atoms with van der Waals surface area (Å²) in [4.78, 5) is 12.9. The topological polar surface area (TPSA) is 141 Å². The highest BCUT2D eigenvalue weighted by Gasteiger charge is 2.41. The molecule has 0 aromatic carbocycles. The molecule has 5 aromatic heterocycles. The van der Waals surface area contributed by atoms with E-state index < -0.39 is 24.0 Å². The number of hydrogen-bond acceptors (Lipinski definition) is 10. The first-order chi connectivity index (χ1) is 18.7. The van der Waals surface area contributed by atoms with Crippen molar-refractivity contribution in [3.63, 3.8) is 0 Å². The van der Waals surface area contributed by atoms with E-state index in [-0.39, 0.29) is 41.4 Å². The normalized spacial score (nSPS) is 17.8. The van der Waals surface area contributed by atoms with Crippen molar-refractivity contribution in [3.8, 4) is 11.5 Å². The zero-order valence-electron chi connectivity index (χ0n) is 20.3. The standard InChI is InChI=1S/C22H20ClF3N10O3/c1-27-19-17-13(7-30-35(17)4-3-28-19)39-12-6-29-20-18(16(12)23)34(2)21(32-20)31-15-5-14(22(24,25)26)36(33-15)10-8-38-9-11(10)37/h3-7,10-11,37H,8-9H2,1-2H3,(H,27,28)(H,29,31,32,33)/t10-,11-/m1/s1. The number of imidazole rings is 1. The molecule has 3 N–H and O–H groups in total. The van der Waals surface area contributed by atoms with Crippen molar-refractivity contribution in [3.05, 3.63) is 41.6 Å². The van der Waals surface area contributed by atoms with Gasteiger partial charge in [0, 0.05) is 32.6 Å². The fourth-order valence-corrected chi connectivity index (χ4v) is 4.69. The summed E-state index contributed by atoms with van der Waals surface area (Å²) in [6.07, 6.45) is 0.318. The number of aliphatic hydroxyl groups excluding tert-OH is 1. The molecule has 17 heteroatoms. The molecule has 6 heterocycles. The Morgan fingerprint density at radius 1 is 1.18 bits per heavy atom. The van der Waals surface area contributed by atoms with Crippen LogP contribution in [0.1, 0.15) is 11.7 Å². The smallest absolute Gasteiger partial charge is 0.433 e. The van der Waals surface area contributed by atoms with E-state index >= 15 is 0 Å². The van der Waals surface area contributed by atoms with E-state index in [0.29, 0.717) is 22.6 Å². The maximum Gasteiger partial charge on any atom is 0.433 e. The number of aromatic nitrogens is 8. The SMILES string of the molecule is CNc1nccn2ncc(Oc3cnc4nc(Nc5cc(C(F)(F)F)n([C@@H]6COC[C@H]6O)n5)n(C)c4c3Cl)c12. The van der Waals surface area contributed by atoms with Crippen LogP contribution in [-0.2, 0) is 18.0 Å². The molecule has 39 heavy (non-hydrogen) atoms. The summed E-state index contributed by atoms with van der Waals surface area (Å²) < 4.78 is 56.2. The van der Waals surface area contributed by atoms with Gasteiger partial charge in [0.1, 0.15) is 28.4 Å². The lowest BCUT2D eigenvalue weighted by Gasteiger charge is -2.17. The summed E-state index contributed by atoms with van der Waals surface area (Å²) >= 11 is 6.67. The minimum Gasteiger partial charge on any atom is -0.450 e. The van der Waals surface area contributed by atoms with E-state index in [4.69, 9.17) is 21.1 Å². The van der Waals surface area contributed by atoms with Crippen LogP contribution in [0.15, 0.2) is 30.9 Å². The minimum atomic E-state index is -4.71. The van der Waals surface area contributed by atoms with Crippen LogP contribution in [0, 0.1) is 0 Å². The predicted molar refractivity (Wildman–Crippen MR) is 133 cm³/mol. The van der Waals surface area contributed by atoms with Gasteiger partial charge in [-0.1, -0.05) is 11.6 Å².